The summed E-state index contributed by atoms with van der Waals surface area (Å²) >= 11 is 6.12. The monoisotopic (exact) mass is 348 g/mol. The van der Waals surface area contributed by atoms with Gasteiger partial charge in [0, 0.05) is 30.3 Å². The summed E-state index contributed by atoms with van der Waals surface area (Å²) in [4.78, 5) is 24.8. The fourth-order valence-electron chi connectivity index (χ4n) is 2.95. The number of piperidine rings is 1. The van der Waals surface area contributed by atoms with Crippen LogP contribution in [0, 0.1) is 10.1 Å². The van der Waals surface area contributed by atoms with E-state index < -0.39 is 4.92 Å². The molecule has 0 aliphatic carbocycles. The van der Waals surface area contributed by atoms with Crippen molar-refractivity contribution < 1.29 is 14.1 Å². The molecule has 0 radical (unpaired) electrons. The Morgan fingerprint density at radius 3 is 2.83 bits per heavy atom. The second-order valence-corrected chi connectivity index (χ2v) is 6.34. The Morgan fingerprint density at radius 1 is 1.33 bits per heavy atom. The predicted octanol–water partition coefficient (Wildman–Crippen LogP) is 4.52. The van der Waals surface area contributed by atoms with Crippen molar-refractivity contribution in [3.8, 4) is 11.3 Å². The van der Waals surface area contributed by atoms with Gasteiger partial charge in [-0.2, -0.15) is 0 Å². The fourth-order valence-corrected chi connectivity index (χ4v) is 3.17. The molecule has 3 rings (SSSR count). The highest BCUT2D eigenvalue weighted by atomic mass is 35.5. The number of benzene rings is 1. The van der Waals surface area contributed by atoms with Crippen molar-refractivity contribution in [3.05, 3.63) is 51.2 Å². The molecule has 1 aromatic heterocycles. The first-order valence-electron chi connectivity index (χ1n) is 7.82. The quantitative estimate of drug-likeness (QED) is 0.603. The largest absolute Gasteiger partial charge is 0.451 e. The lowest BCUT2D eigenvalue weighted by molar-refractivity contribution is -0.384. The summed E-state index contributed by atoms with van der Waals surface area (Å²) in [5, 5.41) is 11.3. The summed E-state index contributed by atoms with van der Waals surface area (Å²) in [5.41, 5.74) is 0.319. The van der Waals surface area contributed by atoms with E-state index >= 15 is 0 Å². The standard InChI is InChI=1S/C17H17ClN2O4/c1-11-4-2-3-9-19(11)17(21)16-8-7-15(24-16)13-10-12(20(22)23)5-6-14(13)18/h5-8,10-11H,2-4,9H2,1H3. The molecule has 1 atom stereocenters. The van der Waals surface area contributed by atoms with E-state index in [9.17, 15) is 14.9 Å². The minimum atomic E-state index is -0.496. The summed E-state index contributed by atoms with van der Waals surface area (Å²) in [7, 11) is 0. The smallest absolute Gasteiger partial charge is 0.289 e. The molecule has 1 aromatic carbocycles. The molecule has 1 saturated heterocycles. The van der Waals surface area contributed by atoms with Crippen molar-refractivity contribution in [2.45, 2.75) is 32.2 Å². The number of nitro benzene ring substituents is 1. The Labute approximate surface area is 144 Å². The summed E-state index contributed by atoms with van der Waals surface area (Å²) in [5.74, 6) is 0.410. The molecule has 1 aliphatic rings. The van der Waals surface area contributed by atoms with Gasteiger partial charge in [-0.1, -0.05) is 11.6 Å². The second-order valence-electron chi connectivity index (χ2n) is 5.93. The number of rotatable bonds is 3. The van der Waals surface area contributed by atoms with Crippen molar-refractivity contribution in [1.82, 2.24) is 4.90 Å². The highest BCUT2D eigenvalue weighted by Gasteiger charge is 2.26. The van der Waals surface area contributed by atoms with Gasteiger partial charge in [-0.25, -0.2) is 0 Å². The number of furan rings is 1. The summed E-state index contributed by atoms with van der Waals surface area (Å²) < 4.78 is 5.65. The topological polar surface area (TPSA) is 76.6 Å². The number of nitro groups is 1. The third kappa shape index (κ3) is 3.14. The van der Waals surface area contributed by atoms with E-state index in [0.717, 1.165) is 19.3 Å². The first-order valence-corrected chi connectivity index (χ1v) is 8.20. The van der Waals surface area contributed by atoms with Crippen LogP contribution in [0.1, 0.15) is 36.7 Å². The number of likely N-dealkylation sites (tertiary alicyclic amines) is 1. The zero-order chi connectivity index (χ0) is 17.3. The molecule has 1 aliphatic heterocycles. The SMILES string of the molecule is CC1CCCCN1C(=O)c1ccc(-c2cc([N+](=O)[O-])ccc2Cl)o1. The molecule has 0 saturated carbocycles. The minimum absolute atomic E-state index is 0.0803. The van der Waals surface area contributed by atoms with Gasteiger partial charge in [-0.3, -0.25) is 14.9 Å². The number of halogens is 1. The van der Waals surface area contributed by atoms with E-state index in [1.165, 1.54) is 18.2 Å². The Morgan fingerprint density at radius 2 is 2.12 bits per heavy atom. The van der Waals surface area contributed by atoms with E-state index in [1.54, 1.807) is 17.0 Å². The maximum absolute atomic E-state index is 12.6. The molecule has 2 heterocycles. The number of carbonyl (C=O) groups excluding carboxylic acids is 1. The van der Waals surface area contributed by atoms with Crippen LogP contribution in [0.15, 0.2) is 34.7 Å². The average Bonchev–Trinajstić information content (AvgIpc) is 3.04. The first kappa shape index (κ1) is 16.5. The molecular weight excluding hydrogens is 332 g/mol. The highest BCUT2D eigenvalue weighted by Crippen LogP contribution is 2.33. The van der Waals surface area contributed by atoms with Crippen LogP contribution in [0.2, 0.25) is 5.02 Å². The zero-order valence-electron chi connectivity index (χ0n) is 13.2. The lowest BCUT2D eigenvalue weighted by atomic mass is 10.0. The molecule has 0 spiro atoms. The molecule has 1 unspecified atom stereocenters. The molecule has 7 heteroatoms. The summed E-state index contributed by atoms with van der Waals surface area (Å²) in [6.07, 6.45) is 3.09. The van der Waals surface area contributed by atoms with E-state index in [4.69, 9.17) is 16.0 Å². The van der Waals surface area contributed by atoms with Gasteiger partial charge in [-0.15, -0.1) is 0 Å². The Balaban J connectivity index is 1.89. The van der Waals surface area contributed by atoms with Crippen LogP contribution in [0.5, 0.6) is 0 Å². The van der Waals surface area contributed by atoms with Crippen LogP contribution < -0.4 is 0 Å². The van der Waals surface area contributed by atoms with Crippen molar-refractivity contribution in [1.29, 1.82) is 0 Å². The van der Waals surface area contributed by atoms with E-state index in [-0.39, 0.29) is 23.4 Å². The van der Waals surface area contributed by atoms with Gasteiger partial charge < -0.3 is 9.32 Å². The Bertz CT molecular complexity index is 787. The lowest BCUT2D eigenvalue weighted by Crippen LogP contribution is -2.41. The molecule has 0 N–H and O–H groups in total. The van der Waals surface area contributed by atoms with Crippen LogP contribution in [0.25, 0.3) is 11.3 Å². The van der Waals surface area contributed by atoms with Gasteiger partial charge in [0.1, 0.15) is 5.76 Å². The molecule has 1 fully saturated rings. The maximum atomic E-state index is 12.6. The number of carbonyl (C=O) groups is 1. The van der Waals surface area contributed by atoms with Crippen LogP contribution in [0.4, 0.5) is 5.69 Å². The maximum Gasteiger partial charge on any atom is 0.289 e. The number of amides is 1. The minimum Gasteiger partial charge on any atom is -0.451 e. The molecule has 126 valence electrons. The number of hydrogen-bond donors (Lipinski definition) is 0. The van der Waals surface area contributed by atoms with E-state index in [2.05, 4.69) is 0 Å². The normalized spacial score (nSPS) is 17.8. The highest BCUT2D eigenvalue weighted by molar-refractivity contribution is 6.33. The first-order chi connectivity index (χ1) is 11.5. The van der Waals surface area contributed by atoms with Crippen molar-refractivity contribution in [2.24, 2.45) is 0 Å². The molecular formula is C17H17ClN2O4. The van der Waals surface area contributed by atoms with E-state index in [1.807, 2.05) is 6.92 Å². The number of hydrogen-bond acceptors (Lipinski definition) is 4. The van der Waals surface area contributed by atoms with Crippen LogP contribution in [-0.2, 0) is 0 Å². The third-order valence-electron chi connectivity index (χ3n) is 4.31. The number of non-ortho nitro benzene ring substituents is 1. The predicted molar refractivity (Wildman–Crippen MR) is 90.2 cm³/mol. The second kappa shape index (κ2) is 6.65. The van der Waals surface area contributed by atoms with Crippen LogP contribution in [-0.4, -0.2) is 28.3 Å². The molecule has 1 amide bonds. The molecule has 6 nitrogen and oxygen atoms in total. The zero-order valence-corrected chi connectivity index (χ0v) is 14.0. The van der Waals surface area contributed by atoms with Crippen LogP contribution in [0.3, 0.4) is 0 Å². The van der Waals surface area contributed by atoms with Gasteiger partial charge in [0.05, 0.1) is 9.95 Å². The van der Waals surface area contributed by atoms with Crippen molar-refractivity contribution >= 4 is 23.2 Å². The van der Waals surface area contributed by atoms with Gasteiger partial charge in [0.25, 0.3) is 11.6 Å². The van der Waals surface area contributed by atoms with Gasteiger partial charge in [0.2, 0.25) is 0 Å². The molecule has 24 heavy (non-hydrogen) atoms. The average molecular weight is 349 g/mol. The number of nitrogens with zero attached hydrogens (tertiary/aromatic N) is 2. The third-order valence-corrected chi connectivity index (χ3v) is 4.64. The molecule has 0 bridgehead atoms. The Hall–Kier alpha value is -2.34. The summed E-state index contributed by atoms with van der Waals surface area (Å²) in [6.45, 7) is 2.74. The van der Waals surface area contributed by atoms with Crippen LogP contribution >= 0.6 is 11.6 Å². The van der Waals surface area contributed by atoms with E-state index in [0.29, 0.717) is 22.9 Å². The Kier molecular flexibility index (Phi) is 4.57. The molecule has 2 aromatic rings. The summed E-state index contributed by atoms with van der Waals surface area (Å²) in [6, 6.07) is 7.52. The van der Waals surface area contributed by atoms with Crippen molar-refractivity contribution in [3.63, 3.8) is 0 Å². The van der Waals surface area contributed by atoms with Gasteiger partial charge in [0.15, 0.2) is 5.76 Å². The van der Waals surface area contributed by atoms with Gasteiger partial charge in [-0.05, 0) is 44.4 Å². The lowest BCUT2D eigenvalue weighted by Gasteiger charge is -2.32. The van der Waals surface area contributed by atoms with Gasteiger partial charge >= 0.3 is 0 Å². The van der Waals surface area contributed by atoms with Crippen molar-refractivity contribution in [2.75, 3.05) is 6.54 Å². The fraction of sp³-hybridized carbons (Fsp3) is 0.353.